The number of para-hydroxylation sites is 1. The van der Waals surface area contributed by atoms with Crippen LogP contribution < -0.4 is 4.90 Å². The lowest BCUT2D eigenvalue weighted by Gasteiger charge is -2.27. The minimum Gasteiger partial charge on any atom is -0.315 e. The van der Waals surface area contributed by atoms with Gasteiger partial charge in [0.25, 0.3) is 0 Å². The van der Waals surface area contributed by atoms with Crippen molar-refractivity contribution in [3.8, 4) is 17.1 Å². The van der Waals surface area contributed by atoms with Crippen LogP contribution in [0.2, 0.25) is 0 Å². The highest BCUT2D eigenvalue weighted by Gasteiger charge is 2.24. The maximum absolute atomic E-state index is 4.80. The van der Waals surface area contributed by atoms with E-state index >= 15 is 0 Å². The van der Waals surface area contributed by atoms with Crippen LogP contribution in [0.5, 0.6) is 0 Å². The van der Waals surface area contributed by atoms with Crippen molar-refractivity contribution in [2.24, 2.45) is 0 Å². The van der Waals surface area contributed by atoms with E-state index in [0.29, 0.717) is 0 Å². The average molecular weight is 589 g/mol. The summed E-state index contributed by atoms with van der Waals surface area (Å²) in [5, 5.41) is 7.00. The van der Waals surface area contributed by atoms with Crippen LogP contribution in [0.1, 0.15) is 5.56 Å². The number of benzene rings is 4. The fourth-order valence-corrected chi connectivity index (χ4v) is 7.14. The van der Waals surface area contributed by atoms with Gasteiger partial charge < -0.3 is 9.47 Å². The van der Waals surface area contributed by atoms with Crippen molar-refractivity contribution in [1.82, 2.24) is 24.5 Å². The number of pyridine rings is 4. The van der Waals surface area contributed by atoms with Crippen molar-refractivity contribution in [2.75, 3.05) is 4.90 Å². The smallest absolute Gasteiger partial charge is 0.0985 e. The van der Waals surface area contributed by atoms with Crippen LogP contribution in [0.15, 0.2) is 140 Å². The van der Waals surface area contributed by atoms with Crippen LogP contribution in [-0.4, -0.2) is 24.5 Å². The Labute approximate surface area is 263 Å². The predicted octanol–water partition coefficient (Wildman–Crippen LogP) is 9.61. The van der Waals surface area contributed by atoms with Gasteiger partial charge in [0.1, 0.15) is 0 Å². The second-order valence-electron chi connectivity index (χ2n) is 11.6. The molecule has 0 bridgehead atoms. The molecule has 0 fully saturated rings. The average Bonchev–Trinajstić information content (AvgIpc) is 3.46. The highest BCUT2D eigenvalue weighted by Crippen LogP contribution is 2.46. The number of aromatic nitrogens is 5. The number of hydrogen-bond acceptors (Lipinski definition) is 5. The molecule has 0 radical (unpaired) electrons. The van der Waals surface area contributed by atoms with E-state index in [2.05, 4.69) is 99.5 Å². The third-order valence-corrected chi connectivity index (χ3v) is 9.10. The molecule has 6 nitrogen and oxygen atoms in total. The summed E-state index contributed by atoms with van der Waals surface area (Å²) in [5.74, 6) is 0. The number of hydrogen-bond donors (Lipinski definition) is 0. The van der Waals surface area contributed by atoms with E-state index in [0.717, 1.165) is 61.3 Å². The molecule has 0 spiro atoms. The molecule has 0 N–H and O–H groups in total. The summed E-state index contributed by atoms with van der Waals surface area (Å²) in [6.45, 7) is 0. The first kappa shape index (κ1) is 25.0. The van der Waals surface area contributed by atoms with E-state index in [4.69, 9.17) is 15.0 Å². The van der Waals surface area contributed by atoms with Gasteiger partial charge in [0, 0.05) is 51.7 Å². The van der Waals surface area contributed by atoms with Crippen LogP contribution in [0.25, 0.3) is 77.5 Å². The summed E-state index contributed by atoms with van der Waals surface area (Å²) in [6.07, 6.45) is 11.8. The van der Waals surface area contributed by atoms with Gasteiger partial charge in [0.2, 0.25) is 0 Å². The van der Waals surface area contributed by atoms with Crippen molar-refractivity contribution >= 4 is 71.8 Å². The highest BCUT2D eigenvalue weighted by molar-refractivity contribution is 6.23. The fraction of sp³-hybridized carbons (Fsp3) is 0. The predicted molar refractivity (Wildman–Crippen MR) is 188 cm³/mol. The second kappa shape index (κ2) is 9.55. The lowest BCUT2D eigenvalue weighted by atomic mass is 9.94. The zero-order valence-electron chi connectivity index (χ0n) is 24.5. The number of rotatable bonds is 3. The topological polar surface area (TPSA) is 59.7 Å². The van der Waals surface area contributed by atoms with Crippen molar-refractivity contribution in [2.45, 2.75) is 0 Å². The first-order valence-corrected chi connectivity index (χ1v) is 15.3. The van der Waals surface area contributed by atoms with Crippen LogP contribution in [0.4, 0.5) is 11.4 Å². The van der Waals surface area contributed by atoms with E-state index in [1.807, 2.05) is 55.0 Å². The Bertz CT molecular complexity index is 2690. The molecule has 1 aliphatic heterocycles. The van der Waals surface area contributed by atoms with E-state index < -0.39 is 0 Å². The zero-order chi connectivity index (χ0) is 30.2. The van der Waals surface area contributed by atoms with Gasteiger partial charge in [-0.1, -0.05) is 42.5 Å². The lowest BCUT2D eigenvalue weighted by Crippen LogP contribution is -2.12. The molecule has 10 rings (SSSR count). The molecule has 1 aliphatic rings. The first-order chi connectivity index (χ1) is 22.8. The van der Waals surface area contributed by atoms with Gasteiger partial charge in [0.05, 0.1) is 56.7 Å². The van der Waals surface area contributed by atoms with Crippen LogP contribution in [0, 0.1) is 0 Å². The largest absolute Gasteiger partial charge is 0.315 e. The monoisotopic (exact) mass is 588 g/mol. The molecule has 4 aromatic carbocycles. The summed E-state index contributed by atoms with van der Waals surface area (Å²) >= 11 is 0. The number of nitrogens with zero attached hydrogens (tertiary/aromatic N) is 6. The van der Waals surface area contributed by atoms with E-state index in [9.17, 15) is 0 Å². The van der Waals surface area contributed by atoms with E-state index in [-0.39, 0.29) is 0 Å². The molecule has 0 saturated heterocycles. The molecule has 5 aromatic heterocycles. The van der Waals surface area contributed by atoms with Gasteiger partial charge in [-0.3, -0.25) is 19.9 Å². The quantitative estimate of drug-likeness (QED) is 0.192. The van der Waals surface area contributed by atoms with E-state index in [1.165, 1.54) is 27.1 Å². The molecule has 46 heavy (non-hydrogen) atoms. The maximum atomic E-state index is 4.80. The highest BCUT2D eigenvalue weighted by atomic mass is 15.1. The third-order valence-electron chi connectivity index (χ3n) is 9.10. The second-order valence-corrected chi connectivity index (χ2v) is 11.6. The normalized spacial score (nSPS) is 12.7. The molecule has 214 valence electrons. The van der Waals surface area contributed by atoms with Gasteiger partial charge in [-0.25, -0.2) is 0 Å². The fourth-order valence-electron chi connectivity index (χ4n) is 7.14. The van der Waals surface area contributed by atoms with Crippen LogP contribution in [0.3, 0.4) is 0 Å². The molecule has 6 heteroatoms. The van der Waals surface area contributed by atoms with Crippen molar-refractivity contribution in [3.05, 3.63) is 146 Å². The summed E-state index contributed by atoms with van der Waals surface area (Å²) in [4.78, 5) is 21.0. The third kappa shape index (κ3) is 3.52. The van der Waals surface area contributed by atoms with Crippen molar-refractivity contribution in [3.63, 3.8) is 0 Å². The Kier molecular flexibility index (Phi) is 5.19. The van der Waals surface area contributed by atoms with Crippen molar-refractivity contribution in [1.29, 1.82) is 0 Å². The maximum Gasteiger partial charge on any atom is 0.0985 e. The molecule has 0 atom stereocenters. The summed E-state index contributed by atoms with van der Waals surface area (Å²) < 4.78 is 2.41. The standard InChI is InChI=1S/C40H24N6/c1-2-13-33-28(10-1)38-30-17-21-45(27-15-16-32(44-24-27)31-12-3-4-18-41-31)34-14-5-8-25(37(30)34)22-36(38)46(33)35-23-26-9-6-19-42-39(26)40-29(35)11-7-20-43-40/h1-24H. The Morgan fingerprint density at radius 3 is 2.20 bits per heavy atom. The van der Waals surface area contributed by atoms with Gasteiger partial charge in [-0.15, -0.1) is 0 Å². The molecule has 6 heterocycles. The molecule has 0 saturated carbocycles. The first-order valence-electron chi connectivity index (χ1n) is 15.3. The van der Waals surface area contributed by atoms with Gasteiger partial charge in [0.15, 0.2) is 0 Å². The number of fused-ring (bicyclic) bond motifs is 7. The summed E-state index contributed by atoms with van der Waals surface area (Å²) in [7, 11) is 0. The molecular weight excluding hydrogens is 564 g/mol. The Hall–Kier alpha value is -6.40. The summed E-state index contributed by atoms with van der Waals surface area (Å²) in [6, 6.07) is 38.2. The Balaban J connectivity index is 1.23. The Morgan fingerprint density at radius 2 is 1.30 bits per heavy atom. The Morgan fingerprint density at radius 1 is 0.500 bits per heavy atom. The number of anilines is 2. The van der Waals surface area contributed by atoms with Crippen LogP contribution >= 0.6 is 0 Å². The molecule has 0 unspecified atom stereocenters. The van der Waals surface area contributed by atoms with Crippen LogP contribution in [-0.2, 0) is 0 Å². The van der Waals surface area contributed by atoms with Gasteiger partial charge in [-0.2, -0.15) is 0 Å². The molecule has 9 aromatic rings. The minimum absolute atomic E-state index is 0.852. The lowest BCUT2D eigenvalue weighted by molar-refractivity contribution is 1.20. The summed E-state index contributed by atoms with van der Waals surface area (Å²) in [5.41, 5.74) is 10.3. The molecule has 0 amide bonds. The minimum atomic E-state index is 0.852. The van der Waals surface area contributed by atoms with E-state index in [1.54, 1.807) is 6.20 Å². The SMILES string of the molecule is C1=CN(c2ccc(-c3ccccn3)nc2)c2cccc3cc4c(c1c23)c1ccccc1n4-c1cc2cccnc2c2ncccc12. The van der Waals surface area contributed by atoms with Crippen molar-refractivity contribution < 1.29 is 0 Å². The molecular formula is C40H24N6. The van der Waals surface area contributed by atoms with Gasteiger partial charge >= 0.3 is 0 Å². The van der Waals surface area contributed by atoms with Gasteiger partial charge in [-0.05, 0) is 83.8 Å². The molecule has 0 aliphatic carbocycles. The zero-order valence-corrected chi connectivity index (χ0v) is 24.5.